The number of alkyl halides is 2. The zero-order valence-corrected chi connectivity index (χ0v) is 18.3. The first kappa shape index (κ1) is 22.0. The van der Waals surface area contributed by atoms with Gasteiger partial charge in [-0.3, -0.25) is 19.6 Å². The summed E-state index contributed by atoms with van der Waals surface area (Å²) in [5, 5.41) is 0.127. The van der Waals surface area contributed by atoms with Crippen LogP contribution >= 0.6 is 0 Å². The van der Waals surface area contributed by atoms with Crippen LogP contribution < -0.4 is 11.2 Å². The maximum atomic E-state index is 13.8. The number of carbonyl (C=O) groups is 1. The number of aromatic nitrogens is 3. The highest BCUT2D eigenvalue weighted by atomic mass is 19.3. The van der Waals surface area contributed by atoms with Crippen LogP contribution in [0.25, 0.3) is 22.2 Å². The van der Waals surface area contributed by atoms with Crippen LogP contribution in [0.4, 0.5) is 8.78 Å². The molecular formula is C24H26F2N4O2. The monoisotopic (exact) mass is 440 g/mol. The van der Waals surface area contributed by atoms with Gasteiger partial charge in [0.15, 0.2) is 5.43 Å². The van der Waals surface area contributed by atoms with Gasteiger partial charge in [0.1, 0.15) is 5.69 Å². The third-order valence-electron chi connectivity index (χ3n) is 6.13. The fraction of sp³-hybridized carbons (Fsp3) is 0.417. The second kappa shape index (κ2) is 7.76. The topological polar surface area (TPSA) is 102 Å². The molecule has 0 radical (unpaired) electrons. The van der Waals surface area contributed by atoms with Crippen LogP contribution in [-0.2, 0) is 5.41 Å². The fourth-order valence-electron chi connectivity index (χ4n) is 4.33. The molecule has 0 atom stereocenters. The van der Waals surface area contributed by atoms with Crippen molar-refractivity contribution >= 4 is 16.8 Å². The summed E-state index contributed by atoms with van der Waals surface area (Å²) in [4.78, 5) is 36.4. The van der Waals surface area contributed by atoms with Crippen LogP contribution in [0.1, 0.15) is 74.1 Å². The van der Waals surface area contributed by atoms with Crippen LogP contribution in [0.15, 0.2) is 35.4 Å². The number of halogens is 2. The Labute approximate surface area is 184 Å². The number of rotatable bonds is 3. The Morgan fingerprint density at radius 3 is 2.50 bits per heavy atom. The van der Waals surface area contributed by atoms with E-state index in [0.717, 1.165) is 11.3 Å². The Kier molecular flexibility index (Phi) is 5.35. The van der Waals surface area contributed by atoms with Crippen LogP contribution in [0.3, 0.4) is 0 Å². The number of hydrogen-bond donors (Lipinski definition) is 2. The summed E-state index contributed by atoms with van der Waals surface area (Å²) < 4.78 is 27.6. The predicted octanol–water partition coefficient (Wildman–Crippen LogP) is 4.67. The molecule has 0 aliphatic heterocycles. The standard InChI is InChI=1S/C24H26F2N4O2/c1-23(2,3)19-10-14(13-4-7-24(25,26)8-5-13)15(12-29-19)17-11-18(31)20-16(30-17)6-9-28-21(20)22(27)32/h6,9-13H,4-5,7-8H2,1-3H3,(H2,27,32)(H,30,31). The molecule has 1 aliphatic carbocycles. The van der Waals surface area contributed by atoms with E-state index in [1.807, 2.05) is 26.8 Å². The summed E-state index contributed by atoms with van der Waals surface area (Å²) in [5.41, 5.74) is 8.08. The van der Waals surface area contributed by atoms with Gasteiger partial charge in [-0.05, 0) is 36.5 Å². The number of nitrogens with one attached hydrogen (secondary N) is 1. The van der Waals surface area contributed by atoms with Crippen molar-refractivity contribution in [2.75, 3.05) is 0 Å². The number of aromatic amines is 1. The molecule has 3 heterocycles. The number of fused-ring (bicyclic) bond motifs is 1. The molecule has 32 heavy (non-hydrogen) atoms. The lowest BCUT2D eigenvalue weighted by Crippen LogP contribution is -2.24. The van der Waals surface area contributed by atoms with E-state index in [0.29, 0.717) is 29.6 Å². The van der Waals surface area contributed by atoms with Crippen molar-refractivity contribution in [1.82, 2.24) is 15.0 Å². The molecule has 0 aromatic carbocycles. The molecule has 6 nitrogen and oxygen atoms in total. The molecule has 3 aromatic rings. The molecule has 0 saturated heterocycles. The largest absolute Gasteiger partial charge is 0.364 e. The summed E-state index contributed by atoms with van der Waals surface area (Å²) in [6.45, 7) is 6.14. The van der Waals surface area contributed by atoms with E-state index in [2.05, 4.69) is 15.0 Å². The van der Waals surface area contributed by atoms with E-state index in [-0.39, 0.29) is 35.3 Å². The number of carbonyl (C=O) groups excluding carboxylic acids is 1. The van der Waals surface area contributed by atoms with Crippen molar-refractivity contribution in [3.05, 3.63) is 57.8 Å². The highest BCUT2D eigenvalue weighted by molar-refractivity contribution is 6.03. The number of pyridine rings is 3. The summed E-state index contributed by atoms with van der Waals surface area (Å²) in [5.74, 6) is -3.48. The van der Waals surface area contributed by atoms with Crippen molar-refractivity contribution < 1.29 is 13.6 Å². The highest BCUT2D eigenvalue weighted by Gasteiger charge is 2.36. The molecular weight excluding hydrogens is 414 g/mol. The Bertz CT molecular complexity index is 1250. The lowest BCUT2D eigenvalue weighted by Gasteiger charge is -2.30. The number of H-pyrrole nitrogens is 1. The maximum absolute atomic E-state index is 13.8. The molecule has 8 heteroatoms. The third-order valence-corrected chi connectivity index (χ3v) is 6.13. The minimum atomic E-state index is -2.63. The van der Waals surface area contributed by atoms with Gasteiger partial charge in [-0.2, -0.15) is 0 Å². The van der Waals surface area contributed by atoms with Gasteiger partial charge in [0.25, 0.3) is 5.91 Å². The molecule has 3 N–H and O–H groups in total. The zero-order valence-electron chi connectivity index (χ0n) is 18.3. The number of nitrogens with two attached hydrogens (primary N) is 1. The Morgan fingerprint density at radius 2 is 1.88 bits per heavy atom. The third kappa shape index (κ3) is 4.13. The van der Waals surface area contributed by atoms with Crippen molar-refractivity contribution in [2.45, 2.75) is 63.7 Å². The molecule has 0 unspecified atom stereocenters. The van der Waals surface area contributed by atoms with Crippen LogP contribution in [0.2, 0.25) is 0 Å². The highest BCUT2D eigenvalue weighted by Crippen LogP contribution is 2.44. The lowest BCUT2D eigenvalue weighted by molar-refractivity contribution is -0.0382. The first-order valence-electron chi connectivity index (χ1n) is 10.7. The zero-order chi connectivity index (χ0) is 23.3. The van der Waals surface area contributed by atoms with E-state index in [1.54, 1.807) is 12.3 Å². The van der Waals surface area contributed by atoms with E-state index in [4.69, 9.17) is 5.73 Å². The van der Waals surface area contributed by atoms with Crippen LogP contribution in [0, 0.1) is 0 Å². The quantitative estimate of drug-likeness (QED) is 0.618. The molecule has 1 aliphatic rings. The van der Waals surface area contributed by atoms with Crippen LogP contribution in [-0.4, -0.2) is 26.8 Å². The summed E-state index contributed by atoms with van der Waals surface area (Å²) in [7, 11) is 0. The molecule has 0 bridgehead atoms. The van der Waals surface area contributed by atoms with Gasteiger partial charge in [-0.15, -0.1) is 0 Å². The molecule has 4 rings (SSSR count). The summed E-state index contributed by atoms with van der Waals surface area (Å²) in [6, 6.07) is 4.98. The number of hydrogen-bond acceptors (Lipinski definition) is 4. The second-order valence-corrected chi connectivity index (χ2v) is 9.53. The van der Waals surface area contributed by atoms with Gasteiger partial charge < -0.3 is 10.7 Å². The van der Waals surface area contributed by atoms with Crippen molar-refractivity contribution in [1.29, 1.82) is 0 Å². The minimum absolute atomic E-state index is 0.0634. The second-order valence-electron chi connectivity index (χ2n) is 9.53. The Balaban J connectivity index is 1.89. The lowest BCUT2D eigenvalue weighted by atomic mass is 9.79. The number of primary amides is 1. The first-order chi connectivity index (χ1) is 15.0. The van der Waals surface area contributed by atoms with Gasteiger partial charge in [-0.25, -0.2) is 8.78 Å². The normalized spacial score (nSPS) is 16.9. The van der Waals surface area contributed by atoms with Crippen LogP contribution in [0.5, 0.6) is 0 Å². The van der Waals surface area contributed by atoms with E-state index >= 15 is 0 Å². The van der Waals surface area contributed by atoms with E-state index in [9.17, 15) is 18.4 Å². The number of amides is 1. The maximum Gasteiger partial charge on any atom is 0.268 e. The Morgan fingerprint density at radius 1 is 1.19 bits per heavy atom. The average molecular weight is 440 g/mol. The molecule has 1 saturated carbocycles. The molecule has 168 valence electrons. The van der Waals surface area contributed by atoms with Crippen molar-refractivity contribution in [2.24, 2.45) is 5.73 Å². The number of nitrogens with zero attached hydrogens (tertiary/aromatic N) is 2. The van der Waals surface area contributed by atoms with Gasteiger partial charge >= 0.3 is 0 Å². The molecule has 3 aromatic heterocycles. The molecule has 1 fully saturated rings. The van der Waals surface area contributed by atoms with Crippen molar-refractivity contribution in [3.8, 4) is 11.3 Å². The summed E-state index contributed by atoms with van der Waals surface area (Å²) >= 11 is 0. The first-order valence-corrected chi connectivity index (χ1v) is 10.7. The van der Waals surface area contributed by atoms with Gasteiger partial charge in [-0.1, -0.05) is 20.8 Å². The van der Waals surface area contributed by atoms with Crippen molar-refractivity contribution in [3.63, 3.8) is 0 Å². The molecule has 0 spiro atoms. The van der Waals surface area contributed by atoms with Gasteiger partial charge in [0.05, 0.1) is 16.6 Å². The van der Waals surface area contributed by atoms with E-state index < -0.39 is 17.3 Å². The van der Waals surface area contributed by atoms with E-state index in [1.165, 1.54) is 12.3 Å². The fourth-order valence-corrected chi connectivity index (χ4v) is 4.33. The predicted molar refractivity (Wildman–Crippen MR) is 119 cm³/mol. The van der Waals surface area contributed by atoms with Gasteiger partial charge in [0, 0.05) is 48.0 Å². The average Bonchev–Trinajstić information content (AvgIpc) is 2.72. The van der Waals surface area contributed by atoms with Gasteiger partial charge in [0.2, 0.25) is 5.92 Å². The Hall–Kier alpha value is -3.16. The minimum Gasteiger partial charge on any atom is -0.364 e. The smallest absolute Gasteiger partial charge is 0.268 e. The summed E-state index contributed by atoms with van der Waals surface area (Å²) in [6.07, 6.45) is 3.52. The SMILES string of the molecule is CC(C)(C)c1cc(C2CCC(F)(F)CC2)c(-c2cc(=O)c3c(C(N)=O)nccc3[nH]2)cn1. The molecule has 1 amide bonds.